The Bertz CT molecular complexity index is 1190. The first-order valence-corrected chi connectivity index (χ1v) is 11.9. The fourth-order valence-electron chi connectivity index (χ4n) is 3.76. The molecule has 0 radical (unpaired) electrons. The van der Waals surface area contributed by atoms with E-state index in [1.165, 1.54) is 11.3 Å². The number of carbonyl (C=O) groups is 2. The summed E-state index contributed by atoms with van der Waals surface area (Å²) in [4.78, 5) is 29.9. The van der Waals surface area contributed by atoms with Gasteiger partial charge in [0.05, 0.1) is 13.5 Å². The quantitative estimate of drug-likeness (QED) is 0.357. The highest BCUT2D eigenvalue weighted by Crippen LogP contribution is 2.30. The van der Waals surface area contributed by atoms with E-state index in [1.807, 2.05) is 90.3 Å². The minimum absolute atomic E-state index is 0.149. The van der Waals surface area contributed by atoms with Crippen LogP contribution >= 0.6 is 11.3 Å². The van der Waals surface area contributed by atoms with E-state index in [9.17, 15) is 9.59 Å². The number of carbonyl (C=O) groups excluding carboxylic acids is 2. The Morgan fingerprint density at radius 3 is 2.18 bits per heavy atom. The second-order valence-electron chi connectivity index (χ2n) is 7.73. The number of hydrogen-bond donors (Lipinski definition) is 1. The molecule has 0 bridgehead atoms. The molecule has 0 aliphatic rings. The van der Waals surface area contributed by atoms with Crippen molar-refractivity contribution in [1.82, 2.24) is 5.32 Å². The van der Waals surface area contributed by atoms with E-state index in [2.05, 4.69) is 5.32 Å². The van der Waals surface area contributed by atoms with Gasteiger partial charge in [0.2, 0.25) is 11.8 Å². The lowest BCUT2D eigenvalue weighted by Gasteiger charge is -2.31. The van der Waals surface area contributed by atoms with Crippen molar-refractivity contribution in [2.75, 3.05) is 12.0 Å². The zero-order chi connectivity index (χ0) is 23.8. The van der Waals surface area contributed by atoms with Crippen molar-refractivity contribution in [3.05, 3.63) is 118 Å². The van der Waals surface area contributed by atoms with Crippen molar-refractivity contribution < 1.29 is 14.3 Å². The molecule has 2 amide bonds. The minimum Gasteiger partial charge on any atom is -0.497 e. The van der Waals surface area contributed by atoms with Gasteiger partial charge < -0.3 is 10.1 Å². The molecule has 4 rings (SSSR count). The largest absolute Gasteiger partial charge is 0.497 e. The molecule has 0 aliphatic carbocycles. The van der Waals surface area contributed by atoms with Crippen LogP contribution in [0.2, 0.25) is 0 Å². The van der Waals surface area contributed by atoms with Gasteiger partial charge in [0.1, 0.15) is 11.8 Å². The van der Waals surface area contributed by atoms with Crippen molar-refractivity contribution in [3.8, 4) is 5.75 Å². The molecule has 0 unspecified atom stereocenters. The first kappa shape index (κ1) is 23.3. The molecule has 1 heterocycles. The third-order valence-corrected chi connectivity index (χ3v) is 6.33. The van der Waals surface area contributed by atoms with Gasteiger partial charge >= 0.3 is 0 Å². The Kier molecular flexibility index (Phi) is 7.73. The highest BCUT2D eigenvalue weighted by molar-refractivity contribution is 7.10. The smallest absolute Gasteiger partial charge is 0.248 e. The Hall–Kier alpha value is -3.90. The molecule has 1 atom stereocenters. The number of hydrogen-bond acceptors (Lipinski definition) is 4. The number of amides is 2. The van der Waals surface area contributed by atoms with Crippen LogP contribution in [0, 0.1) is 0 Å². The van der Waals surface area contributed by atoms with Crippen LogP contribution in [0.1, 0.15) is 22.0 Å². The lowest BCUT2D eigenvalue weighted by atomic mass is 10.0. The summed E-state index contributed by atoms with van der Waals surface area (Å²) in [6.45, 7) is 0.369. The van der Waals surface area contributed by atoms with Crippen LogP contribution in [0.3, 0.4) is 0 Å². The van der Waals surface area contributed by atoms with Crippen molar-refractivity contribution in [1.29, 1.82) is 0 Å². The summed E-state index contributed by atoms with van der Waals surface area (Å²) in [7, 11) is 1.60. The summed E-state index contributed by atoms with van der Waals surface area (Å²) in [6.07, 6.45) is 0.213. The standard InChI is InChI=1S/C28H26N2O3S/c1-33-24-16-14-22(15-17-24)27(28(32)29-20-21-9-4-2-5-10-21)30(23-11-6-3-7-12-23)26(31)19-25-13-8-18-34-25/h2-18,27H,19-20H2,1H3,(H,29,32)/t27-/m1/s1. The molecular weight excluding hydrogens is 444 g/mol. The molecule has 5 nitrogen and oxygen atoms in total. The van der Waals surface area contributed by atoms with Crippen LogP contribution in [-0.4, -0.2) is 18.9 Å². The van der Waals surface area contributed by atoms with Gasteiger partial charge in [-0.1, -0.05) is 66.7 Å². The highest BCUT2D eigenvalue weighted by Gasteiger charge is 2.32. The zero-order valence-electron chi connectivity index (χ0n) is 18.9. The number of thiophene rings is 1. The number of para-hydroxylation sites is 1. The molecule has 0 spiro atoms. The molecule has 0 fully saturated rings. The number of rotatable bonds is 9. The summed E-state index contributed by atoms with van der Waals surface area (Å²) in [6, 6.07) is 29.4. The maximum atomic E-state index is 13.7. The summed E-state index contributed by atoms with van der Waals surface area (Å²) < 4.78 is 5.30. The fraction of sp³-hybridized carbons (Fsp3) is 0.143. The van der Waals surface area contributed by atoms with Crippen molar-refractivity contribution in [2.45, 2.75) is 19.0 Å². The predicted molar refractivity (Wildman–Crippen MR) is 136 cm³/mol. The first-order valence-electron chi connectivity index (χ1n) is 11.0. The molecule has 1 N–H and O–H groups in total. The van der Waals surface area contributed by atoms with Gasteiger partial charge in [-0.15, -0.1) is 11.3 Å². The molecule has 6 heteroatoms. The third-order valence-electron chi connectivity index (χ3n) is 5.46. The lowest BCUT2D eigenvalue weighted by molar-refractivity contribution is -0.126. The summed E-state index contributed by atoms with van der Waals surface area (Å²) >= 11 is 1.53. The van der Waals surface area contributed by atoms with Crippen LogP contribution in [0.25, 0.3) is 0 Å². The van der Waals surface area contributed by atoms with Gasteiger partial charge in [0.15, 0.2) is 0 Å². The Labute approximate surface area is 203 Å². The number of benzene rings is 3. The number of methoxy groups -OCH3 is 1. The third kappa shape index (κ3) is 5.71. The van der Waals surface area contributed by atoms with E-state index < -0.39 is 6.04 Å². The zero-order valence-corrected chi connectivity index (χ0v) is 19.7. The van der Waals surface area contributed by atoms with Crippen molar-refractivity contribution >= 4 is 28.8 Å². The molecule has 34 heavy (non-hydrogen) atoms. The summed E-state index contributed by atoms with van der Waals surface area (Å²) in [5, 5.41) is 4.98. The highest BCUT2D eigenvalue weighted by atomic mass is 32.1. The van der Waals surface area contributed by atoms with E-state index in [-0.39, 0.29) is 18.2 Å². The van der Waals surface area contributed by atoms with Gasteiger partial charge in [-0.3, -0.25) is 14.5 Å². The van der Waals surface area contributed by atoms with Crippen LogP contribution < -0.4 is 15.0 Å². The molecule has 3 aromatic carbocycles. The Morgan fingerprint density at radius 2 is 1.56 bits per heavy atom. The van der Waals surface area contributed by atoms with Crippen LogP contribution in [0.4, 0.5) is 5.69 Å². The monoisotopic (exact) mass is 470 g/mol. The normalized spacial score (nSPS) is 11.4. The van der Waals surface area contributed by atoms with Crippen LogP contribution in [-0.2, 0) is 22.6 Å². The van der Waals surface area contributed by atoms with E-state index in [0.717, 1.165) is 10.4 Å². The van der Waals surface area contributed by atoms with Crippen molar-refractivity contribution in [2.24, 2.45) is 0 Å². The van der Waals surface area contributed by atoms with Crippen LogP contribution in [0.15, 0.2) is 102 Å². The Morgan fingerprint density at radius 1 is 0.882 bits per heavy atom. The average Bonchev–Trinajstić information content (AvgIpc) is 3.40. The number of nitrogens with one attached hydrogen (secondary N) is 1. The predicted octanol–water partition coefficient (Wildman–Crippen LogP) is 5.39. The van der Waals surface area contributed by atoms with E-state index >= 15 is 0 Å². The van der Waals surface area contributed by atoms with E-state index in [4.69, 9.17) is 4.74 Å². The first-order chi connectivity index (χ1) is 16.7. The molecule has 4 aromatic rings. The van der Waals surface area contributed by atoms with Gasteiger partial charge in [0.25, 0.3) is 0 Å². The SMILES string of the molecule is COc1ccc([C@H](C(=O)NCc2ccccc2)N(C(=O)Cc2cccs2)c2ccccc2)cc1. The second kappa shape index (κ2) is 11.3. The Balaban J connectivity index is 1.71. The maximum Gasteiger partial charge on any atom is 0.248 e. The molecule has 0 saturated carbocycles. The number of ether oxygens (including phenoxy) is 1. The number of nitrogens with zero attached hydrogens (tertiary/aromatic N) is 1. The van der Waals surface area contributed by atoms with Crippen LogP contribution in [0.5, 0.6) is 5.75 Å². The molecular formula is C28H26N2O3S. The van der Waals surface area contributed by atoms with Crippen molar-refractivity contribution in [3.63, 3.8) is 0 Å². The average molecular weight is 471 g/mol. The minimum atomic E-state index is -0.843. The maximum absolute atomic E-state index is 13.7. The van der Waals surface area contributed by atoms with E-state index in [0.29, 0.717) is 23.5 Å². The summed E-state index contributed by atoms with van der Waals surface area (Å²) in [5.41, 5.74) is 2.36. The number of anilines is 1. The van der Waals surface area contributed by atoms with Gasteiger partial charge in [-0.25, -0.2) is 0 Å². The second-order valence-corrected chi connectivity index (χ2v) is 8.77. The lowest BCUT2D eigenvalue weighted by Crippen LogP contribution is -2.44. The molecule has 0 saturated heterocycles. The topological polar surface area (TPSA) is 58.6 Å². The van der Waals surface area contributed by atoms with Gasteiger partial charge in [-0.2, -0.15) is 0 Å². The van der Waals surface area contributed by atoms with Gasteiger partial charge in [0, 0.05) is 17.1 Å². The fourth-order valence-corrected chi connectivity index (χ4v) is 4.45. The van der Waals surface area contributed by atoms with E-state index in [1.54, 1.807) is 24.1 Å². The molecule has 1 aromatic heterocycles. The van der Waals surface area contributed by atoms with Gasteiger partial charge in [-0.05, 0) is 46.8 Å². The summed E-state index contributed by atoms with van der Waals surface area (Å²) in [5.74, 6) is 0.282. The molecule has 172 valence electrons. The molecule has 0 aliphatic heterocycles.